The predicted octanol–water partition coefficient (Wildman–Crippen LogP) is 3.50. The SMILES string of the molecule is Cc1ccc(Cc2nnc(CCl)n2C(C)C)cc1. The predicted molar refractivity (Wildman–Crippen MR) is 73.9 cm³/mol. The lowest BCUT2D eigenvalue weighted by Crippen LogP contribution is -2.10. The van der Waals surface area contributed by atoms with E-state index in [1.54, 1.807) is 0 Å². The molecule has 0 radical (unpaired) electrons. The van der Waals surface area contributed by atoms with Gasteiger partial charge < -0.3 is 4.57 Å². The quantitative estimate of drug-likeness (QED) is 0.791. The van der Waals surface area contributed by atoms with Crippen molar-refractivity contribution in [3.63, 3.8) is 0 Å². The van der Waals surface area contributed by atoms with E-state index in [4.69, 9.17) is 11.6 Å². The van der Waals surface area contributed by atoms with Crippen LogP contribution >= 0.6 is 11.6 Å². The van der Waals surface area contributed by atoms with E-state index in [2.05, 4.69) is 59.8 Å². The first-order valence-corrected chi connectivity index (χ1v) is 6.69. The third-order valence-corrected chi connectivity index (χ3v) is 3.19. The minimum Gasteiger partial charge on any atom is -0.311 e. The Morgan fingerprint density at radius 1 is 1.11 bits per heavy atom. The first-order valence-electron chi connectivity index (χ1n) is 6.16. The smallest absolute Gasteiger partial charge is 0.148 e. The Bertz CT molecular complexity index is 514. The number of benzene rings is 1. The third-order valence-electron chi connectivity index (χ3n) is 2.96. The van der Waals surface area contributed by atoms with Gasteiger partial charge in [0.25, 0.3) is 0 Å². The molecule has 0 saturated heterocycles. The van der Waals surface area contributed by atoms with Crippen LogP contribution in [-0.4, -0.2) is 14.8 Å². The molecule has 3 nitrogen and oxygen atoms in total. The van der Waals surface area contributed by atoms with Crippen LogP contribution in [0.5, 0.6) is 0 Å². The lowest BCUT2D eigenvalue weighted by Gasteiger charge is -2.13. The van der Waals surface area contributed by atoms with Gasteiger partial charge in [-0.15, -0.1) is 21.8 Å². The Labute approximate surface area is 113 Å². The molecule has 1 aromatic carbocycles. The van der Waals surface area contributed by atoms with E-state index in [-0.39, 0.29) is 0 Å². The Balaban J connectivity index is 2.28. The molecule has 0 aliphatic carbocycles. The largest absolute Gasteiger partial charge is 0.311 e. The summed E-state index contributed by atoms with van der Waals surface area (Å²) in [7, 11) is 0. The first-order chi connectivity index (χ1) is 8.61. The molecule has 0 saturated carbocycles. The molecule has 96 valence electrons. The van der Waals surface area contributed by atoms with Crippen LogP contribution < -0.4 is 0 Å². The minimum absolute atomic E-state index is 0.328. The molecule has 4 heteroatoms. The van der Waals surface area contributed by atoms with E-state index in [0.717, 1.165) is 18.1 Å². The Kier molecular flexibility index (Phi) is 4.02. The van der Waals surface area contributed by atoms with Gasteiger partial charge in [0.05, 0.1) is 5.88 Å². The molecule has 0 N–H and O–H groups in total. The van der Waals surface area contributed by atoms with Crippen molar-refractivity contribution in [3.05, 3.63) is 47.0 Å². The molecule has 0 bridgehead atoms. The van der Waals surface area contributed by atoms with Crippen LogP contribution in [0.2, 0.25) is 0 Å². The van der Waals surface area contributed by atoms with E-state index in [0.29, 0.717) is 11.9 Å². The number of hydrogen-bond acceptors (Lipinski definition) is 2. The number of rotatable bonds is 4. The molecule has 2 aromatic rings. The van der Waals surface area contributed by atoms with E-state index in [1.807, 2.05) is 0 Å². The zero-order valence-corrected chi connectivity index (χ0v) is 11.8. The molecule has 0 fully saturated rings. The third kappa shape index (κ3) is 2.72. The highest BCUT2D eigenvalue weighted by Crippen LogP contribution is 2.16. The molecule has 0 spiro atoms. The lowest BCUT2D eigenvalue weighted by molar-refractivity contribution is 0.557. The summed E-state index contributed by atoms with van der Waals surface area (Å²) in [5.74, 6) is 2.22. The van der Waals surface area contributed by atoms with Crippen LogP contribution in [0.25, 0.3) is 0 Å². The molecule has 0 unspecified atom stereocenters. The molecule has 2 rings (SSSR count). The molecule has 0 atom stereocenters. The fourth-order valence-corrected chi connectivity index (χ4v) is 2.24. The van der Waals surface area contributed by atoms with Crippen molar-refractivity contribution in [3.8, 4) is 0 Å². The molecule has 1 aromatic heterocycles. The average Bonchev–Trinajstić information content (AvgIpc) is 2.75. The normalized spacial score (nSPS) is 11.2. The molecule has 0 amide bonds. The average molecular weight is 264 g/mol. The van der Waals surface area contributed by atoms with E-state index < -0.39 is 0 Å². The second-order valence-electron chi connectivity index (χ2n) is 4.79. The van der Waals surface area contributed by atoms with Crippen LogP contribution in [0, 0.1) is 6.92 Å². The van der Waals surface area contributed by atoms with Gasteiger partial charge in [0.1, 0.15) is 11.6 Å². The number of nitrogens with zero attached hydrogens (tertiary/aromatic N) is 3. The fourth-order valence-electron chi connectivity index (χ4n) is 2.06. The molecule has 0 aliphatic rings. The van der Waals surface area contributed by atoms with Crippen LogP contribution in [0.3, 0.4) is 0 Å². The summed E-state index contributed by atoms with van der Waals surface area (Å²) in [6.45, 7) is 6.34. The maximum Gasteiger partial charge on any atom is 0.148 e. The molecule has 18 heavy (non-hydrogen) atoms. The first kappa shape index (κ1) is 13.1. The molecule has 1 heterocycles. The van der Waals surface area contributed by atoms with E-state index in [1.165, 1.54) is 11.1 Å². The maximum atomic E-state index is 5.89. The second-order valence-corrected chi connectivity index (χ2v) is 5.06. The van der Waals surface area contributed by atoms with Gasteiger partial charge in [-0.05, 0) is 26.3 Å². The monoisotopic (exact) mass is 263 g/mol. The summed E-state index contributed by atoms with van der Waals surface area (Å²) in [5.41, 5.74) is 2.52. The van der Waals surface area contributed by atoms with E-state index in [9.17, 15) is 0 Å². The van der Waals surface area contributed by atoms with Crippen LogP contribution in [-0.2, 0) is 12.3 Å². The van der Waals surface area contributed by atoms with Crippen LogP contribution in [0.4, 0.5) is 0 Å². The van der Waals surface area contributed by atoms with Gasteiger partial charge in [-0.25, -0.2) is 0 Å². The summed E-state index contributed by atoms with van der Waals surface area (Å²) >= 11 is 5.89. The number of aryl methyl sites for hydroxylation is 1. The van der Waals surface area contributed by atoms with Gasteiger partial charge in [0, 0.05) is 12.5 Å². The summed E-state index contributed by atoms with van der Waals surface area (Å²) in [6, 6.07) is 8.83. The van der Waals surface area contributed by atoms with Crippen molar-refractivity contribution >= 4 is 11.6 Å². The zero-order valence-electron chi connectivity index (χ0n) is 11.0. The Morgan fingerprint density at radius 3 is 2.28 bits per heavy atom. The fraction of sp³-hybridized carbons (Fsp3) is 0.429. The standard InChI is InChI=1S/C14H18ClN3/c1-10(2)18-13(16-17-14(18)9-15)8-12-6-4-11(3)5-7-12/h4-7,10H,8-9H2,1-3H3. The highest BCUT2D eigenvalue weighted by Gasteiger charge is 2.14. The number of hydrogen-bond donors (Lipinski definition) is 0. The van der Waals surface area contributed by atoms with Crippen LogP contribution in [0.1, 0.15) is 42.7 Å². The Hall–Kier alpha value is -1.35. The number of halogens is 1. The molecular weight excluding hydrogens is 246 g/mol. The minimum atomic E-state index is 0.328. The van der Waals surface area contributed by atoms with E-state index >= 15 is 0 Å². The van der Waals surface area contributed by atoms with Gasteiger partial charge >= 0.3 is 0 Å². The lowest BCUT2D eigenvalue weighted by atomic mass is 10.1. The summed E-state index contributed by atoms with van der Waals surface area (Å²) in [5, 5.41) is 8.41. The van der Waals surface area contributed by atoms with Crippen molar-refractivity contribution in [2.75, 3.05) is 0 Å². The van der Waals surface area contributed by atoms with Crippen molar-refractivity contribution in [1.29, 1.82) is 0 Å². The maximum absolute atomic E-state index is 5.89. The molecule has 0 aliphatic heterocycles. The second kappa shape index (κ2) is 5.53. The number of alkyl halides is 1. The van der Waals surface area contributed by atoms with Crippen molar-refractivity contribution in [1.82, 2.24) is 14.8 Å². The van der Waals surface area contributed by atoms with Crippen molar-refractivity contribution < 1.29 is 0 Å². The van der Waals surface area contributed by atoms with Crippen molar-refractivity contribution in [2.45, 2.75) is 39.1 Å². The number of aromatic nitrogens is 3. The van der Waals surface area contributed by atoms with Gasteiger partial charge in [-0.2, -0.15) is 0 Å². The van der Waals surface area contributed by atoms with Gasteiger partial charge in [0.15, 0.2) is 0 Å². The van der Waals surface area contributed by atoms with Gasteiger partial charge in [-0.3, -0.25) is 0 Å². The summed E-state index contributed by atoms with van der Waals surface area (Å²) in [6.07, 6.45) is 0.794. The summed E-state index contributed by atoms with van der Waals surface area (Å²) in [4.78, 5) is 0. The summed E-state index contributed by atoms with van der Waals surface area (Å²) < 4.78 is 2.12. The van der Waals surface area contributed by atoms with Gasteiger partial charge in [0.2, 0.25) is 0 Å². The topological polar surface area (TPSA) is 30.7 Å². The van der Waals surface area contributed by atoms with Crippen molar-refractivity contribution in [2.24, 2.45) is 0 Å². The highest BCUT2D eigenvalue weighted by atomic mass is 35.5. The Morgan fingerprint density at radius 2 is 1.72 bits per heavy atom. The highest BCUT2D eigenvalue weighted by molar-refractivity contribution is 6.16. The zero-order chi connectivity index (χ0) is 13.1. The molecular formula is C14H18ClN3. The van der Waals surface area contributed by atoms with Crippen LogP contribution in [0.15, 0.2) is 24.3 Å². The van der Waals surface area contributed by atoms with Gasteiger partial charge in [-0.1, -0.05) is 29.8 Å².